The van der Waals surface area contributed by atoms with Crippen molar-refractivity contribution in [2.45, 2.75) is 25.4 Å². The molecule has 1 aliphatic rings. The normalized spacial score (nSPS) is 16.4. The predicted molar refractivity (Wildman–Crippen MR) is 86.6 cm³/mol. The van der Waals surface area contributed by atoms with E-state index in [2.05, 4.69) is 22.6 Å². The van der Waals surface area contributed by atoms with E-state index in [0.29, 0.717) is 12.2 Å². The van der Waals surface area contributed by atoms with Gasteiger partial charge in [-0.05, 0) is 50.7 Å². The number of urea groups is 1. The number of amides is 2. The summed E-state index contributed by atoms with van der Waals surface area (Å²) in [6, 6.07) is 5.05. The Hall–Kier alpha value is -1.82. The number of anilines is 1. The predicted octanol–water partition coefficient (Wildman–Crippen LogP) is 1.79. The van der Waals surface area contributed by atoms with Crippen molar-refractivity contribution in [3.8, 4) is 0 Å². The lowest BCUT2D eigenvalue weighted by atomic mass is 10.1. The number of carbonyl (C=O) groups excluding carboxylic acids is 1. The van der Waals surface area contributed by atoms with Crippen molar-refractivity contribution >= 4 is 11.7 Å². The van der Waals surface area contributed by atoms with E-state index in [9.17, 15) is 9.18 Å². The third-order valence-electron chi connectivity index (χ3n) is 4.00. The molecule has 1 fully saturated rings. The van der Waals surface area contributed by atoms with Gasteiger partial charge in [-0.25, -0.2) is 9.18 Å². The Bertz CT molecular complexity index is 513. The maximum Gasteiger partial charge on any atom is 0.315 e. The highest BCUT2D eigenvalue weighted by atomic mass is 19.1. The second-order valence-electron chi connectivity index (χ2n) is 6.08. The molecule has 1 heterocycles. The van der Waals surface area contributed by atoms with E-state index in [1.54, 1.807) is 25.1 Å². The first-order chi connectivity index (χ1) is 10.5. The van der Waals surface area contributed by atoms with Crippen LogP contribution < -0.4 is 15.5 Å². The molecule has 1 aromatic rings. The molecule has 2 N–H and O–H groups in total. The quantitative estimate of drug-likeness (QED) is 0.891. The molecular formula is C16H25FN4O. The van der Waals surface area contributed by atoms with Crippen LogP contribution in [0.5, 0.6) is 0 Å². The van der Waals surface area contributed by atoms with Crippen LogP contribution in [0, 0.1) is 5.82 Å². The second-order valence-corrected chi connectivity index (χ2v) is 6.08. The number of likely N-dealkylation sites (tertiary alicyclic amines) is 1. The second kappa shape index (κ2) is 7.45. The van der Waals surface area contributed by atoms with Crippen LogP contribution in [0.4, 0.5) is 14.9 Å². The minimum Gasteiger partial charge on any atom is -0.375 e. The number of nitrogens with zero attached hydrogens (tertiary/aromatic N) is 2. The third-order valence-corrected chi connectivity index (χ3v) is 4.00. The zero-order valence-electron chi connectivity index (χ0n) is 13.5. The molecule has 22 heavy (non-hydrogen) atoms. The van der Waals surface area contributed by atoms with Crippen LogP contribution in [0.15, 0.2) is 18.2 Å². The van der Waals surface area contributed by atoms with Crippen LogP contribution in [0.3, 0.4) is 0 Å². The summed E-state index contributed by atoms with van der Waals surface area (Å²) < 4.78 is 13.9. The van der Waals surface area contributed by atoms with Crippen molar-refractivity contribution < 1.29 is 9.18 Å². The fourth-order valence-electron chi connectivity index (χ4n) is 2.59. The summed E-state index contributed by atoms with van der Waals surface area (Å²) in [4.78, 5) is 15.9. The molecule has 5 nitrogen and oxygen atoms in total. The average Bonchev–Trinajstić information content (AvgIpc) is 2.47. The van der Waals surface area contributed by atoms with E-state index in [-0.39, 0.29) is 17.9 Å². The van der Waals surface area contributed by atoms with E-state index in [4.69, 9.17) is 0 Å². The van der Waals surface area contributed by atoms with Crippen molar-refractivity contribution in [2.24, 2.45) is 0 Å². The molecule has 1 aliphatic heterocycles. The average molecular weight is 308 g/mol. The molecule has 0 unspecified atom stereocenters. The molecule has 2 rings (SSSR count). The highest BCUT2D eigenvalue weighted by Crippen LogP contribution is 2.18. The summed E-state index contributed by atoms with van der Waals surface area (Å²) in [6.45, 7) is 2.33. The third kappa shape index (κ3) is 4.59. The van der Waals surface area contributed by atoms with Crippen LogP contribution in [-0.4, -0.2) is 51.2 Å². The fourth-order valence-corrected chi connectivity index (χ4v) is 2.59. The van der Waals surface area contributed by atoms with Gasteiger partial charge in [0.15, 0.2) is 0 Å². The number of halogens is 1. The topological polar surface area (TPSA) is 47.6 Å². The van der Waals surface area contributed by atoms with Crippen LogP contribution >= 0.6 is 0 Å². The lowest BCUT2D eigenvalue weighted by molar-refractivity contribution is 0.213. The van der Waals surface area contributed by atoms with Gasteiger partial charge in [0.25, 0.3) is 0 Å². The molecule has 0 aliphatic carbocycles. The monoisotopic (exact) mass is 308 g/mol. The molecule has 122 valence electrons. The first-order valence-corrected chi connectivity index (χ1v) is 7.64. The van der Waals surface area contributed by atoms with Gasteiger partial charge >= 0.3 is 6.03 Å². The molecule has 0 bridgehead atoms. The van der Waals surface area contributed by atoms with Gasteiger partial charge in [0, 0.05) is 26.7 Å². The molecule has 0 saturated carbocycles. The molecule has 1 aromatic carbocycles. The van der Waals surface area contributed by atoms with Gasteiger partial charge in [-0.1, -0.05) is 6.07 Å². The Morgan fingerprint density at radius 2 is 2.05 bits per heavy atom. The van der Waals surface area contributed by atoms with E-state index >= 15 is 0 Å². The molecule has 0 spiro atoms. The number of benzene rings is 1. The molecule has 2 amide bonds. The highest BCUT2D eigenvalue weighted by molar-refractivity contribution is 5.74. The van der Waals surface area contributed by atoms with E-state index < -0.39 is 0 Å². The Morgan fingerprint density at radius 3 is 2.64 bits per heavy atom. The van der Waals surface area contributed by atoms with E-state index in [0.717, 1.165) is 31.5 Å². The summed E-state index contributed by atoms with van der Waals surface area (Å²) >= 11 is 0. The fraction of sp³-hybridized carbons (Fsp3) is 0.562. The summed E-state index contributed by atoms with van der Waals surface area (Å²) in [6.07, 6.45) is 1.94. The van der Waals surface area contributed by atoms with Crippen molar-refractivity contribution in [3.05, 3.63) is 29.6 Å². The lowest BCUT2D eigenvalue weighted by Gasteiger charge is -2.29. The van der Waals surface area contributed by atoms with Crippen LogP contribution in [-0.2, 0) is 6.54 Å². The Morgan fingerprint density at radius 1 is 1.36 bits per heavy atom. The number of piperidine rings is 1. The lowest BCUT2D eigenvalue weighted by Crippen LogP contribution is -2.46. The number of hydrogen-bond acceptors (Lipinski definition) is 3. The van der Waals surface area contributed by atoms with Crippen molar-refractivity contribution in [2.75, 3.05) is 39.1 Å². The zero-order valence-corrected chi connectivity index (χ0v) is 13.5. The SMILES string of the molecule is CN1CCC(NC(=O)NCc2ccc(N(C)C)c(F)c2)CC1. The van der Waals surface area contributed by atoms with Gasteiger partial charge in [0.1, 0.15) is 5.82 Å². The van der Waals surface area contributed by atoms with Gasteiger partial charge < -0.3 is 20.4 Å². The largest absolute Gasteiger partial charge is 0.375 e. The molecule has 0 aromatic heterocycles. The van der Waals surface area contributed by atoms with Gasteiger partial charge in [0.05, 0.1) is 5.69 Å². The summed E-state index contributed by atoms with van der Waals surface area (Å²) in [5.41, 5.74) is 1.29. The van der Waals surface area contributed by atoms with Crippen molar-refractivity contribution in [1.29, 1.82) is 0 Å². The maximum absolute atomic E-state index is 13.9. The van der Waals surface area contributed by atoms with Gasteiger partial charge in [0.2, 0.25) is 0 Å². The molecular weight excluding hydrogens is 283 g/mol. The van der Waals surface area contributed by atoms with E-state index in [1.807, 2.05) is 6.07 Å². The minimum atomic E-state index is -0.278. The summed E-state index contributed by atoms with van der Waals surface area (Å²) in [5, 5.41) is 5.76. The zero-order chi connectivity index (χ0) is 16.1. The Labute approximate surface area is 131 Å². The van der Waals surface area contributed by atoms with E-state index in [1.165, 1.54) is 6.07 Å². The summed E-state index contributed by atoms with van der Waals surface area (Å²) in [5.74, 6) is -0.278. The van der Waals surface area contributed by atoms with Crippen molar-refractivity contribution in [3.63, 3.8) is 0 Å². The standard InChI is InChI=1S/C16H25FN4O/c1-20(2)15-5-4-12(10-14(15)17)11-18-16(22)19-13-6-8-21(3)9-7-13/h4-5,10,13H,6-9,11H2,1-3H3,(H2,18,19,22). The van der Waals surface area contributed by atoms with Crippen molar-refractivity contribution in [1.82, 2.24) is 15.5 Å². The molecule has 6 heteroatoms. The molecule has 0 atom stereocenters. The number of carbonyl (C=O) groups is 1. The Kier molecular flexibility index (Phi) is 5.60. The first-order valence-electron chi connectivity index (χ1n) is 7.64. The minimum absolute atomic E-state index is 0.188. The Balaban J connectivity index is 1.80. The summed E-state index contributed by atoms with van der Waals surface area (Å²) in [7, 11) is 5.68. The van der Waals surface area contributed by atoms with Crippen LogP contribution in [0.1, 0.15) is 18.4 Å². The molecule has 0 radical (unpaired) electrons. The highest BCUT2D eigenvalue weighted by Gasteiger charge is 2.18. The maximum atomic E-state index is 13.9. The number of hydrogen-bond donors (Lipinski definition) is 2. The van der Waals surface area contributed by atoms with Gasteiger partial charge in [-0.3, -0.25) is 0 Å². The molecule has 1 saturated heterocycles. The van der Waals surface area contributed by atoms with Gasteiger partial charge in [-0.15, -0.1) is 0 Å². The van der Waals surface area contributed by atoms with Crippen LogP contribution in [0.25, 0.3) is 0 Å². The smallest absolute Gasteiger partial charge is 0.315 e. The first kappa shape index (κ1) is 16.5. The van der Waals surface area contributed by atoms with Crippen LogP contribution in [0.2, 0.25) is 0 Å². The number of nitrogens with one attached hydrogen (secondary N) is 2. The number of rotatable bonds is 4. The van der Waals surface area contributed by atoms with Gasteiger partial charge in [-0.2, -0.15) is 0 Å².